The number of rotatable bonds is 50. The summed E-state index contributed by atoms with van der Waals surface area (Å²) in [4.78, 5) is 35.9. The Morgan fingerprint density at radius 2 is 0.753 bits per heavy atom. The van der Waals surface area contributed by atoms with E-state index in [4.69, 9.17) is 18.5 Å². The molecule has 8 atom stereocenters. The number of carbonyl (C=O) groups is 2. The highest BCUT2D eigenvalue weighted by molar-refractivity contribution is 7.47. The maximum absolute atomic E-state index is 12.9. The van der Waals surface area contributed by atoms with Gasteiger partial charge in [0.05, 0.1) is 6.61 Å². The van der Waals surface area contributed by atoms with Gasteiger partial charge in [-0.15, -0.1) is 0 Å². The van der Waals surface area contributed by atoms with Gasteiger partial charge in [0, 0.05) is 12.8 Å². The summed E-state index contributed by atoms with van der Waals surface area (Å²) >= 11 is 0. The van der Waals surface area contributed by atoms with Crippen LogP contribution >= 0.6 is 7.82 Å². The standard InChI is InChI=1S/C59H107O13P/c1-3-5-7-9-11-13-15-17-19-21-23-25-26-28-30-32-34-36-38-40-42-44-46-48-53(61)71-51(50-70-73(67,68)72-59-57(65)55(63)54(62)56(64)58(59)66)49-69-52(60)47-45-43-41-39-37-35-33-31-29-27-24-22-20-18-16-14-12-10-8-6-4-2/h20,22,27,29,33,35,39,41,51,54-59,62-66H,3-19,21,23-26,28,30-32,34,36-38,40,42-50H2,1-2H3,(H,67,68)/b22-20+,29-27+,35-33+,41-39+/t51-,54?,55-,56?,57?,58?,59?/m1/s1. The van der Waals surface area contributed by atoms with Crippen LogP contribution in [0.5, 0.6) is 0 Å². The Morgan fingerprint density at radius 3 is 1.16 bits per heavy atom. The summed E-state index contributed by atoms with van der Waals surface area (Å²) in [6.45, 7) is 3.31. The Bertz CT molecular complexity index is 1450. The summed E-state index contributed by atoms with van der Waals surface area (Å²) in [6, 6.07) is 0. The van der Waals surface area contributed by atoms with Crippen LogP contribution < -0.4 is 0 Å². The van der Waals surface area contributed by atoms with Crippen LogP contribution in [-0.4, -0.2) is 98.3 Å². The number of hydrogen-bond acceptors (Lipinski definition) is 12. The Balaban J connectivity index is 2.36. The minimum Gasteiger partial charge on any atom is -0.462 e. The van der Waals surface area contributed by atoms with Crippen molar-refractivity contribution in [2.24, 2.45) is 0 Å². The van der Waals surface area contributed by atoms with Crippen LogP contribution in [0.1, 0.15) is 258 Å². The predicted molar refractivity (Wildman–Crippen MR) is 295 cm³/mol. The van der Waals surface area contributed by atoms with Crippen molar-refractivity contribution in [2.75, 3.05) is 13.2 Å². The highest BCUT2D eigenvalue weighted by Crippen LogP contribution is 2.47. The number of unbranched alkanes of at least 4 members (excludes halogenated alkanes) is 30. The zero-order valence-electron chi connectivity index (χ0n) is 45.9. The molecular weight excluding hydrogens is 948 g/mol. The summed E-state index contributed by atoms with van der Waals surface area (Å²) in [5.74, 6) is -1.15. The van der Waals surface area contributed by atoms with Gasteiger partial charge in [-0.3, -0.25) is 18.6 Å². The number of ether oxygens (including phenoxy) is 2. The van der Waals surface area contributed by atoms with Crippen LogP contribution in [0.15, 0.2) is 48.6 Å². The van der Waals surface area contributed by atoms with Gasteiger partial charge >= 0.3 is 19.8 Å². The highest BCUT2D eigenvalue weighted by atomic mass is 31.2. The second kappa shape index (κ2) is 48.2. The van der Waals surface area contributed by atoms with Gasteiger partial charge in [-0.25, -0.2) is 4.57 Å². The Morgan fingerprint density at radius 1 is 0.425 bits per heavy atom. The molecule has 1 rings (SSSR count). The third-order valence-electron chi connectivity index (χ3n) is 13.7. The monoisotopic (exact) mass is 1050 g/mol. The lowest BCUT2D eigenvalue weighted by Crippen LogP contribution is -2.64. The van der Waals surface area contributed by atoms with E-state index >= 15 is 0 Å². The SMILES string of the molecule is CCCCCCCCC/C=C/C/C=C/C/C=C/C/C=C/CCCC(=O)OC[C@H](COP(=O)(O)OC1C(O)C(O)C(O)[C@@H](O)C1O)OC(=O)CCCCCCCCCCCCCCCCCCCCCCCCC. The molecule has 1 fully saturated rings. The van der Waals surface area contributed by atoms with E-state index in [2.05, 4.69) is 50.3 Å². The van der Waals surface area contributed by atoms with Crippen molar-refractivity contribution in [3.63, 3.8) is 0 Å². The van der Waals surface area contributed by atoms with E-state index < -0.39 is 75.7 Å². The third-order valence-corrected chi connectivity index (χ3v) is 14.7. The number of carbonyl (C=O) groups excluding carboxylic acids is 2. The van der Waals surface area contributed by atoms with E-state index in [-0.39, 0.29) is 12.8 Å². The number of hydrogen-bond donors (Lipinski definition) is 6. The quantitative estimate of drug-likeness (QED) is 0.0145. The fourth-order valence-electron chi connectivity index (χ4n) is 8.99. The fourth-order valence-corrected chi connectivity index (χ4v) is 9.96. The smallest absolute Gasteiger partial charge is 0.462 e. The molecule has 0 amide bonds. The van der Waals surface area contributed by atoms with E-state index in [0.29, 0.717) is 19.3 Å². The second-order valence-corrected chi connectivity index (χ2v) is 21.9. The number of aliphatic hydroxyl groups is 5. The summed E-state index contributed by atoms with van der Waals surface area (Å²) in [5.41, 5.74) is 0. The molecular formula is C59H107O13P. The van der Waals surface area contributed by atoms with Gasteiger partial charge in [0.2, 0.25) is 0 Å². The first-order chi connectivity index (χ1) is 35.4. The van der Waals surface area contributed by atoms with Crippen molar-refractivity contribution in [1.29, 1.82) is 0 Å². The molecule has 426 valence electrons. The van der Waals surface area contributed by atoms with Crippen LogP contribution in [0.25, 0.3) is 0 Å². The fraction of sp³-hybridized carbons (Fsp3) is 0.831. The molecule has 0 aliphatic heterocycles. The van der Waals surface area contributed by atoms with Gasteiger partial charge < -0.3 is 39.9 Å². The van der Waals surface area contributed by atoms with Gasteiger partial charge in [-0.2, -0.15) is 0 Å². The molecule has 0 spiro atoms. The van der Waals surface area contributed by atoms with Gasteiger partial charge in [0.25, 0.3) is 0 Å². The molecule has 0 aromatic rings. The van der Waals surface area contributed by atoms with Crippen molar-refractivity contribution in [3.8, 4) is 0 Å². The van der Waals surface area contributed by atoms with E-state index in [9.17, 15) is 44.6 Å². The molecule has 0 aromatic carbocycles. The molecule has 1 aliphatic rings. The molecule has 6 unspecified atom stereocenters. The molecule has 13 nitrogen and oxygen atoms in total. The summed E-state index contributed by atoms with van der Waals surface area (Å²) in [5, 5.41) is 50.4. The lowest BCUT2D eigenvalue weighted by Gasteiger charge is -2.41. The molecule has 73 heavy (non-hydrogen) atoms. The average molecular weight is 1060 g/mol. The third kappa shape index (κ3) is 39.8. The summed E-state index contributed by atoms with van der Waals surface area (Å²) in [7, 11) is -5.14. The number of aliphatic hydroxyl groups excluding tert-OH is 5. The van der Waals surface area contributed by atoms with Gasteiger partial charge in [0.15, 0.2) is 6.10 Å². The van der Waals surface area contributed by atoms with Crippen molar-refractivity contribution < 1.29 is 63.1 Å². The average Bonchev–Trinajstić information content (AvgIpc) is 3.37. The Hall–Kier alpha value is -2.19. The lowest BCUT2D eigenvalue weighted by molar-refractivity contribution is -0.220. The maximum Gasteiger partial charge on any atom is 0.472 e. The van der Waals surface area contributed by atoms with E-state index in [1.807, 2.05) is 12.2 Å². The van der Waals surface area contributed by atoms with Crippen LogP contribution in [0, 0.1) is 0 Å². The lowest BCUT2D eigenvalue weighted by atomic mass is 9.85. The van der Waals surface area contributed by atoms with Gasteiger partial charge in [-0.05, 0) is 51.4 Å². The molecule has 0 bridgehead atoms. The minimum atomic E-state index is -5.14. The van der Waals surface area contributed by atoms with Crippen LogP contribution in [0.4, 0.5) is 0 Å². The van der Waals surface area contributed by atoms with E-state index in [1.165, 1.54) is 161 Å². The molecule has 6 N–H and O–H groups in total. The van der Waals surface area contributed by atoms with Gasteiger partial charge in [-0.1, -0.05) is 242 Å². The topological polar surface area (TPSA) is 210 Å². The normalized spacial score (nSPS) is 20.7. The van der Waals surface area contributed by atoms with E-state index in [1.54, 1.807) is 0 Å². The summed E-state index contributed by atoms with van der Waals surface area (Å²) in [6.07, 6.45) is 47.4. The van der Waals surface area contributed by atoms with E-state index in [0.717, 1.165) is 51.4 Å². The number of phosphoric acid groups is 1. The molecule has 0 saturated heterocycles. The van der Waals surface area contributed by atoms with Crippen LogP contribution in [-0.2, 0) is 32.7 Å². The minimum absolute atomic E-state index is 0.0880. The maximum atomic E-state index is 12.9. The zero-order chi connectivity index (χ0) is 53.5. The number of phosphoric ester groups is 1. The van der Waals surface area contributed by atoms with Crippen molar-refractivity contribution in [3.05, 3.63) is 48.6 Å². The van der Waals surface area contributed by atoms with Crippen molar-refractivity contribution in [2.45, 2.75) is 301 Å². The number of esters is 2. The largest absolute Gasteiger partial charge is 0.472 e. The summed E-state index contributed by atoms with van der Waals surface area (Å²) < 4.78 is 33.7. The van der Waals surface area contributed by atoms with Crippen molar-refractivity contribution >= 4 is 19.8 Å². The van der Waals surface area contributed by atoms with Crippen molar-refractivity contribution in [1.82, 2.24) is 0 Å². The molecule has 1 saturated carbocycles. The first kappa shape index (κ1) is 68.8. The molecule has 14 heteroatoms. The second-order valence-electron chi connectivity index (χ2n) is 20.5. The number of allylic oxidation sites excluding steroid dienone is 8. The molecule has 0 heterocycles. The highest BCUT2D eigenvalue weighted by Gasteiger charge is 2.51. The Labute approximate surface area is 443 Å². The molecule has 0 aromatic heterocycles. The predicted octanol–water partition coefficient (Wildman–Crippen LogP) is 13.9. The Kier molecular flexibility index (Phi) is 45.4. The van der Waals surface area contributed by atoms with Crippen LogP contribution in [0.2, 0.25) is 0 Å². The van der Waals surface area contributed by atoms with Crippen LogP contribution in [0.3, 0.4) is 0 Å². The first-order valence-electron chi connectivity index (χ1n) is 29.4. The first-order valence-corrected chi connectivity index (χ1v) is 30.9. The van der Waals surface area contributed by atoms with Gasteiger partial charge in [0.1, 0.15) is 43.2 Å². The molecule has 1 aliphatic carbocycles. The zero-order valence-corrected chi connectivity index (χ0v) is 46.8. The molecule has 0 radical (unpaired) electrons.